The first kappa shape index (κ1) is 15.5. The fourth-order valence-corrected chi connectivity index (χ4v) is 1.87. The molecule has 0 atom stereocenters. The van der Waals surface area contributed by atoms with Crippen LogP contribution in [0.4, 0.5) is 0 Å². The molecule has 0 aliphatic carbocycles. The lowest BCUT2D eigenvalue weighted by atomic mass is 10.1. The van der Waals surface area contributed by atoms with Crippen molar-refractivity contribution >= 4 is 18.0 Å². The molecule has 4 heteroatoms. The maximum absolute atomic E-state index is 12.2. The smallest absolute Gasteiger partial charge is 0.354 e. The number of rotatable bonds is 4. The van der Waals surface area contributed by atoms with Crippen LogP contribution in [0.25, 0.3) is 6.08 Å². The van der Waals surface area contributed by atoms with Gasteiger partial charge in [-0.05, 0) is 30.7 Å². The lowest BCUT2D eigenvalue weighted by molar-refractivity contribution is -0.136. The van der Waals surface area contributed by atoms with E-state index in [0.29, 0.717) is 5.56 Å². The van der Waals surface area contributed by atoms with E-state index in [4.69, 9.17) is 4.74 Å². The molecule has 0 unspecified atom stereocenters. The molecule has 4 nitrogen and oxygen atoms in total. The van der Waals surface area contributed by atoms with Gasteiger partial charge in [-0.3, -0.25) is 4.79 Å². The molecule has 2 rings (SSSR count). The number of nitrogens with one attached hydrogen (secondary N) is 1. The molecular formula is C18H17NO3. The predicted molar refractivity (Wildman–Crippen MR) is 85.1 cm³/mol. The summed E-state index contributed by atoms with van der Waals surface area (Å²) < 4.78 is 4.72. The first-order chi connectivity index (χ1) is 10.6. The van der Waals surface area contributed by atoms with Gasteiger partial charge in [-0.1, -0.05) is 48.0 Å². The third-order valence-electron chi connectivity index (χ3n) is 3.08. The maximum Gasteiger partial charge on any atom is 0.354 e. The summed E-state index contributed by atoms with van der Waals surface area (Å²) in [7, 11) is 1.28. The number of amides is 1. The summed E-state index contributed by atoms with van der Waals surface area (Å²) in [5.74, 6) is -0.950. The Morgan fingerprint density at radius 2 is 1.64 bits per heavy atom. The summed E-state index contributed by atoms with van der Waals surface area (Å²) >= 11 is 0. The second-order valence-corrected chi connectivity index (χ2v) is 4.78. The van der Waals surface area contributed by atoms with Crippen LogP contribution < -0.4 is 5.32 Å². The van der Waals surface area contributed by atoms with Crippen molar-refractivity contribution in [1.82, 2.24) is 5.32 Å². The van der Waals surface area contributed by atoms with Crippen molar-refractivity contribution in [3.05, 3.63) is 77.0 Å². The van der Waals surface area contributed by atoms with E-state index >= 15 is 0 Å². The number of aryl methyl sites for hydroxylation is 1. The van der Waals surface area contributed by atoms with Crippen LogP contribution in [0.5, 0.6) is 0 Å². The minimum absolute atomic E-state index is 0.0974. The number of ether oxygens (including phenoxy) is 1. The first-order valence-corrected chi connectivity index (χ1v) is 6.83. The Morgan fingerprint density at radius 3 is 2.23 bits per heavy atom. The second-order valence-electron chi connectivity index (χ2n) is 4.78. The van der Waals surface area contributed by atoms with Gasteiger partial charge in [0.1, 0.15) is 5.70 Å². The van der Waals surface area contributed by atoms with E-state index in [0.717, 1.165) is 11.1 Å². The number of hydrogen-bond acceptors (Lipinski definition) is 3. The Morgan fingerprint density at radius 1 is 1.00 bits per heavy atom. The van der Waals surface area contributed by atoms with Crippen molar-refractivity contribution in [2.75, 3.05) is 7.11 Å². The van der Waals surface area contributed by atoms with E-state index in [9.17, 15) is 9.59 Å². The number of carbonyl (C=O) groups excluding carboxylic acids is 2. The van der Waals surface area contributed by atoms with E-state index in [1.807, 2.05) is 37.3 Å². The van der Waals surface area contributed by atoms with Gasteiger partial charge in [0, 0.05) is 5.56 Å². The summed E-state index contributed by atoms with van der Waals surface area (Å²) in [6, 6.07) is 16.3. The highest BCUT2D eigenvalue weighted by atomic mass is 16.5. The molecule has 0 aliphatic heterocycles. The number of carbonyl (C=O) groups is 2. The third-order valence-corrected chi connectivity index (χ3v) is 3.08. The summed E-state index contributed by atoms with van der Waals surface area (Å²) in [5, 5.41) is 2.59. The van der Waals surface area contributed by atoms with Gasteiger partial charge in [0.2, 0.25) is 0 Å². The van der Waals surface area contributed by atoms with Crippen molar-refractivity contribution in [3.8, 4) is 0 Å². The monoisotopic (exact) mass is 295 g/mol. The first-order valence-electron chi connectivity index (χ1n) is 6.83. The molecule has 2 aromatic rings. The maximum atomic E-state index is 12.2. The zero-order valence-electron chi connectivity index (χ0n) is 12.5. The van der Waals surface area contributed by atoms with Crippen molar-refractivity contribution in [1.29, 1.82) is 0 Å². The van der Waals surface area contributed by atoms with Crippen LogP contribution in [-0.2, 0) is 9.53 Å². The summed E-state index contributed by atoms with van der Waals surface area (Å²) in [6.45, 7) is 1.98. The lowest BCUT2D eigenvalue weighted by Gasteiger charge is -2.08. The van der Waals surface area contributed by atoms with Crippen molar-refractivity contribution in [3.63, 3.8) is 0 Å². The molecule has 112 valence electrons. The van der Waals surface area contributed by atoms with E-state index in [1.165, 1.54) is 7.11 Å². The normalized spacial score (nSPS) is 10.9. The van der Waals surface area contributed by atoms with Crippen molar-refractivity contribution in [2.45, 2.75) is 6.92 Å². The van der Waals surface area contributed by atoms with Crippen LogP contribution in [0.2, 0.25) is 0 Å². The van der Waals surface area contributed by atoms with Crippen LogP contribution in [0, 0.1) is 6.92 Å². The molecular weight excluding hydrogens is 278 g/mol. The van der Waals surface area contributed by atoms with E-state index in [1.54, 1.807) is 30.3 Å². The average molecular weight is 295 g/mol. The lowest BCUT2D eigenvalue weighted by Crippen LogP contribution is -2.28. The number of methoxy groups -OCH3 is 1. The van der Waals surface area contributed by atoms with E-state index in [2.05, 4.69) is 5.32 Å². The third kappa shape index (κ3) is 4.06. The number of benzene rings is 2. The predicted octanol–water partition coefficient (Wildman–Crippen LogP) is 2.94. The minimum atomic E-state index is -0.593. The molecule has 0 saturated heterocycles. The van der Waals surface area contributed by atoms with Crippen LogP contribution in [0.15, 0.2) is 60.3 Å². The molecule has 2 aromatic carbocycles. The van der Waals surface area contributed by atoms with Gasteiger partial charge in [-0.25, -0.2) is 4.79 Å². The molecule has 0 spiro atoms. The Hall–Kier alpha value is -2.88. The van der Waals surface area contributed by atoms with Gasteiger partial charge >= 0.3 is 5.97 Å². The zero-order chi connectivity index (χ0) is 15.9. The van der Waals surface area contributed by atoms with Crippen LogP contribution in [0.3, 0.4) is 0 Å². The average Bonchev–Trinajstić information content (AvgIpc) is 2.56. The standard InChI is InChI=1S/C18H17NO3/c1-13-8-10-14(11-9-13)12-16(18(21)22-2)19-17(20)15-6-4-3-5-7-15/h3-12H,1-2H3,(H,19,20). The van der Waals surface area contributed by atoms with Gasteiger partial charge in [-0.15, -0.1) is 0 Å². The van der Waals surface area contributed by atoms with Crippen LogP contribution in [-0.4, -0.2) is 19.0 Å². The summed E-state index contributed by atoms with van der Waals surface area (Å²) in [5.41, 5.74) is 2.49. The van der Waals surface area contributed by atoms with Gasteiger partial charge in [-0.2, -0.15) is 0 Å². The van der Waals surface area contributed by atoms with E-state index < -0.39 is 5.97 Å². The van der Waals surface area contributed by atoms with Gasteiger partial charge in [0.15, 0.2) is 0 Å². The molecule has 1 amide bonds. The molecule has 0 saturated carbocycles. The molecule has 0 bridgehead atoms. The molecule has 1 N–H and O–H groups in total. The number of hydrogen-bond donors (Lipinski definition) is 1. The second kappa shape index (κ2) is 7.22. The Balaban J connectivity index is 2.25. The molecule has 0 aromatic heterocycles. The number of esters is 1. The van der Waals surface area contributed by atoms with Crippen molar-refractivity contribution in [2.24, 2.45) is 0 Å². The largest absolute Gasteiger partial charge is 0.464 e. The molecule has 0 radical (unpaired) electrons. The van der Waals surface area contributed by atoms with Gasteiger partial charge in [0.25, 0.3) is 5.91 Å². The highest BCUT2D eigenvalue weighted by molar-refractivity contribution is 6.03. The molecule has 22 heavy (non-hydrogen) atoms. The Bertz CT molecular complexity index is 688. The SMILES string of the molecule is COC(=O)C(=Cc1ccc(C)cc1)NC(=O)c1ccccc1. The Labute approximate surface area is 129 Å². The fourth-order valence-electron chi connectivity index (χ4n) is 1.87. The quantitative estimate of drug-likeness (QED) is 0.697. The molecule has 0 heterocycles. The highest BCUT2D eigenvalue weighted by Crippen LogP contribution is 2.09. The van der Waals surface area contributed by atoms with Crippen molar-refractivity contribution < 1.29 is 14.3 Å². The fraction of sp³-hybridized carbons (Fsp3) is 0.111. The van der Waals surface area contributed by atoms with Crippen LogP contribution >= 0.6 is 0 Å². The Kier molecular flexibility index (Phi) is 5.09. The van der Waals surface area contributed by atoms with Gasteiger partial charge < -0.3 is 10.1 Å². The topological polar surface area (TPSA) is 55.4 Å². The zero-order valence-corrected chi connectivity index (χ0v) is 12.5. The van der Waals surface area contributed by atoms with Crippen LogP contribution in [0.1, 0.15) is 21.5 Å². The molecule has 0 fully saturated rings. The summed E-state index contributed by atoms with van der Waals surface area (Å²) in [4.78, 5) is 24.0. The molecule has 0 aliphatic rings. The highest BCUT2D eigenvalue weighted by Gasteiger charge is 2.14. The minimum Gasteiger partial charge on any atom is -0.464 e. The summed E-state index contributed by atoms with van der Waals surface area (Å²) in [6.07, 6.45) is 1.59. The van der Waals surface area contributed by atoms with Gasteiger partial charge in [0.05, 0.1) is 7.11 Å². The van der Waals surface area contributed by atoms with E-state index in [-0.39, 0.29) is 11.6 Å².